The van der Waals surface area contributed by atoms with Gasteiger partial charge in [0.1, 0.15) is 5.75 Å². The Morgan fingerprint density at radius 3 is 2.60 bits per heavy atom. The first kappa shape index (κ1) is 12.4. The minimum Gasteiger partial charge on any atom is -0.495 e. The van der Waals surface area contributed by atoms with Crippen molar-refractivity contribution in [2.24, 2.45) is 0 Å². The van der Waals surface area contributed by atoms with Gasteiger partial charge >= 0.3 is 0 Å². The summed E-state index contributed by atoms with van der Waals surface area (Å²) in [5.41, 5.74) is 2.50. The van der Waals surface area contributed by atoms with Gasteiger partial charge in [-0.2, -0.15) is 5.48 Å². The molecule has 0 aliphatic rings. The maximum atomic E-state index is 13.4. The fourth-order valence-corrected chi connectivity index (χ4v) is 1.75. The summed E-state index contributed by atoms with van der Waals surface area (Å²) in [7, 11) is 2.77. The minimum absolute atomic E-state index is 0.0157. The van der Waals surface area contributed by atoms with E-state index < -0.39 is 11.6 Å². The van der Waals surface area contributed by atoms with E-state index in [1.807, 2.05) is 0 Å². The van der Waals surface area contributed by atoms with E-state index in [1.165, 1.54) is 14.2 Å². The Hall–Kier alpha value is -0.720. The molecule has 1 rings (SSSR count). The topological polar surface area (TPSA) is 30.5 Å². The molecular formula is C9H10BrF2NO2. The van der Waals surface area contributed by atoms with Crippen molar-refractivity contribution in [3.8, 4) is 5.75 Å². The van der Waals surface area contributed by atoms with Crippen molar-refractivity contribution < 1.29 is 18.4 Å². The van der Waals surface area contributed by atoms with Crippen molar-refractivity contribution in [1.82, 2.24) is 5.48 Å². The number of hydrogen-bond donors (Lipinski definition) is 1. The molecule has 0 saturated heterocycles. The molecule has 0 saturated carbocycles. The molecule has 84 valence electrons. The van der Waals surface area contributed by atoms with Gasteiger partial charge in [-0.05, 0) is 22.0 Å². The largest absolute Gasteiger partial charge is 0.495 e. The molecule has 0 aliphatic heterocycles. The molecule has 0 amide bonds. The average Bonchev–Trinajstić information content (AvgIpc) is 2.21. The zero-order valence-corrected chi connectivity index (χ0v) is 9.82. The van der Waals surface area contributed by atoms with Crippen LogP contribution >= 0.6 is 15.9 Å². The van der Waals surface area contributed by atoms with Crippen LogP contribution in [0.4, 0.5) is 8.78 Å². The maximum absolute atomic E-state index is 13.4. The van der Waals surface area contributed by atoms with Crippen molar-refractivity contribution in [1.29, 1.82) is 0 Å². The molecule has 15 heavy (non-hydrogen) atoms. The van der Waals surface area contributed by atoms with Crippen LogP contribution in [0.3, 0.4) is 0 Å². The van der Waals surface area contributed by atoms with E-state index in [9.17, 15) is 8.78 Å². The van der Waals surface area contributed by atoms with Gasteiger partial charge in [0, 0.05) is 0 Å². The zero-order chi connectivity index (χ0) is 11.4. The molecule has 0 spiro atoms. The Kier molecular flexibility index (Phi) is 4.44. The Balaban J connectivity index is 3.18. The molecule has 0 aromatic heterocycles. The molecule has 0 atom stereocenters. The van der Waals surface area contributed by atoms with Crippen LogP contribution in [0.15, 0.2) is 10.5 Å². The van der Waals surface area contributed by atoms with Crippen LogP contribution in [0.25, 0.3) is 0 Å². The van der Waals surface area contributed by atoms with E-state index in [2.05, 4.69) is 26.2 Å². The van der Waals surface area contributed by atoms with Crippen LogP contribution in [0.1, 0.15) is 5.56 Å². The average molecular weight is 282 g/mol. The van der Waals surface area contributed by atoms with E-state index in [4.69, 9.17) is 4.74 Å². The normalized spacial score (nSPS) is 10.5. The first-order valence-corrected chi connectivity index (χ1v) is 4.87. The number of nitrogens with one attached hydrogen (secondary N) is 1. The van der Waals surface area contributed by atoms with Gasteiger partial charge in [-0.15, -0.1) is 0 Å². The van der Waals surface area contributed by atoms with Crippen LogP contribution in [0.2, 0.25) is 0 Å². The molecule has 0 fully saturated rings. The Bertz CT molecular complexity index is 360. The maximum Gasteiger partial charge on any atom is 0.167 e. The predicted octanol–water partition coefficient (Wildman–Crippen LogP) is 2.39. The van der Waals surface area contributed by atoms with Crippen molar-refractivity contribution in [3.05, 3.63) is 27.7 Å². The highest BCUT2D eigenvalue weighted by Crippen LogP contribution is 2.32. The molecule has 1 aromatic carbocycles. The number of benzene rings is 1. The summed E-state index contributed by atoms with van der Waals surface area (Å²) in [5.74, 6) is -1.63. The van der Waals surface area contributed by atoms with Crippen LogP contribution < -0.4 is 10.2 Å². The third-order valence-corrected chi connectivity index (χ3v) is 2.41. The molecule has 6 heteroatoms. The quantitative estimate of drug-likeness (QED) is 0.679. The van der Waals surface area contributed by atoms with Gasteiger partial charge in [-0.3, -0.25) is 0 Å². The van der Waals surface area contributed by atoms with Crippen LogP contribution in [-0.4, -0.2) is 14.2 Å². The molecule has 1 N–H and O–H groups in total. The van der Waals surface area contributed by atoms with E-state index in [0.717, 1.165) is 6.07 Å². The fourth-order valence-electron chi connectivity index (χ4n) is 1.15. The second kappa shape index (κ2) is 5.39. The van der Waals surface area contributed by atoms with Gasteiger partial charge in [0.2, 0.25) is 0 Å². The number of halogens is 3. The first-order chi connectivity index (χ1) is 7.11. The zero-order valence-electron chi connectivity index (χ0n) is 8.23. The summed E-state index contributed by atoms with van der Waals surface area (Å²) in [6.45, 7) is 0.0157. The Morgan fingerprint density at radius 2 is 2.07 bits per heavy atom. The third kappa shape index (κ3) is 2.64. The highest BCUT2D eigenvalue weighted by atomic mass is 79.9. The molecule has 0 aliphatic carbocycles. The Morgan fingerprint density at radius 1 is 1.40 bits per heavy atom. The second-order valence-electron chi connectivity index (χ2n) is 2.69. The fraction of sp³-hybridized carbons (Fsp3) is 0.333. The van der Waals surface area contributed by atoms with Crippen molar-refractivity contribution in [3.63, 3.8) is 0 Å². The van der Waals surface area contributed by atoms with Crippen molar-refractivity contribution in [2.45, 2.75) is 6.54 Å². The summed E-state index contributed by atoms with van der Waals surface area (Å²) in [6.07, 6.45) is 0. The van der Waals surface area contributed by atoms with Gasteiger partial charge in [0.25, 0.3) is 0 Å². The Labute approximate surface area is 94.5 Å². The lowest BCUT2D eigenvalue weighted by molar-refractivity contribution is 0.0851. The summed E-state index contributed by atoms with van der Waals surface area (Å²) < 4.78 is 31.8. The van der Waals surface area contributed by atoms with Crippen LogP contribution in [0.5, 0.6) is 5.75 Å². The molecule has 0 unspecified atom stereocenters. The molecule has 3 nitrogen and oxygen atoms in total. The van der Waals surface area contributed by atoms with Gasteiger partial charge in [0.05, 0.1) is 30.8 Å². The predicted molar refractivity (Wildman–Crippen MR) is 54.5 cm³/mol. The van der Waals surface area contributed by atoms with E-state index in [-0.39, 0.29) is 17.9 Å². The minimum atomic E-state index is -0.945. The third-order valence-electron chi connectivity index (χ3n) is 1.82. The molecular weight excluding hydrogens is 272 g/mol. The lowest BCUT2D eigenvalue weighted by atomic mass is 10.2. The highest BCUT2D eigenvalue weighted by Gasteiger charge is 2.17. The summed E-state index contributed by atoms with van der Waals surface area (Å²) in [4.78, 5) is 4.57. The van der Waals surface area contributed by atoms with Gasteiger partial charge in [0.15, 0.2) is 11.6 Å². The molecule has 0 bridgehead atoms. The number of methoxy groups -OCH3 is 1. The van der Waals surface area contributed by atoms with Gasteiger partial charge in [-0.1, -0.05) is 0 Å². The lowest BCUT2D eigenvalue weighted by Gasteiger charge is -2.12. The SMILES string of the molecule is CONCc1c(F)c(F)cc(Br)c1OC. The second-order valence-corrected chi connectivity index (χ2v) is 3.55. The first-order valence-electron chi connectivity index (χ1n) is 4.08. The molecule has 0 heterocycles. The molecule has 0 radical (unpaired) electrons. The summed E-state index contributed by atoms with van der Waals surface area (Å²) in [5, 5.41) is 0. The molecule has 1 aromatic rings. The van der Waals surface area contributed by atoms with E-state index in [1.54, 1.807) is 0 Å². The van der Waals surface area contributed by atoms with Crippen LogP contribution in [0, 0.1) is 11.6 Å². The van der Waals surface area contributed by atoms with Crippen LogP contribution in [-0.2, 0) is 11.4 Å². The number of hydroxylamine groups is 1. The summed E-state index contributed by atoms with van der Waals surface area (Å²) >= 11 is 3.08. The number of ether oxygens (including phenoxy) is 1. The highest BCUT2D eigenvalue weighted by molar-refractivity contribution is 9.10. The summed E-state index contributed by atoms with van der Waals surface area (Å²) in [6, 6.07) is 1.02. The standard InChI is InChI=1S/C9H10BrF2NO2/c1-14-9-5(4-13-15-2)8(12)7(11)3-6(9)10/h3,13H,4H2,1-2H3. The number of hydrogen-bond acceptors (Lipinski definition) is 3. The van der Waals surface area contributed by atoms with Gasteiger partial charge < -0.3 is 9.57 Å². The van der Waals surface area contributed by atoms with E-state index in [0.29, 0.717) is 4.47 Å². The van der Waals surface area contributed by atoms with Gasteiger partial charge in [-0.25, -0.2) is 8.78 Å². The monoisotopic (exact) mass is 281 g/mol. The number of rotatable bonds is 4. The van der Waals surface area contributed by atoms with E-state index >= 15 is 0 Å². The van der Waals surface area contributed by atoms with Crippen molar-refractivity contribution >= 4 is 15.9 Å². The smallest absolute Gasteiger partial charge is 0.167 e. The van der Waals surface area contributed by atoms with Crippen molar-refractivity contribution in [2.75, 3.05) is 14.2 Å². The lowest BCUT2D eigenvalue weighted by Crippen LogP contribution is -2.14.